The second-order valence-corrected chi connectivity index (χ2v) is 2.46. The molecule has 56 valence electrons. The summed E-state index contributed by atoms with van der Waals surface area (Å²) in [5.74, 6) is 0.844. The molecule has 0 amide bonds. The SMILES string of the molecule is CC[C@H](C)c1cc(N)on1. The fourth-order valence-corrected chi connectivity index (χ4v) is 0.745. The van der Waals surface area contributed by atoms with Crippen molar-refractivity contribution in [3.05, 3.63) is 11.8 Å². The highest BCUT2D eigenvalue weighted by Gasteiger charge is 2.06. The van der Waals surface area contributed by atoms with E-state index >= 15 is 0 Å². The van der Waals surface area contributed by atoms with Crippen LogP contribution >= 0.6 is 0 Å². The maximum Gasteiger partial charge on any atom is 0.222 e. The summed E-state index contributed by atoms with van der Waals surface area (Å²) in [5, 5.41) is 3.79. The molecule has 0 radical (unpaired) electrons. The third-order valence-corrected chi connectivity index (χ3v) is 1.66. The van der Waals surface area contributed by atoms with Crippen molar-refractivity contribution < 1.29 is 4.52 Å². The Morgan fingerprint density at radius 1 is 1.80 bits per heavy atom. The lowest BCUT2D eigenvalue weighted by molar-refractivity contribution is 0.421. The normalized spacial score (nSPS) is 13.4. The minimum Gasteiger partial charge on any atom is -0.368 e. The van der Waals surface area contributed by atoms with E-state index in [1.165, 1.54) is 0 Å². The van der Waals surface area contributed by atoms with Gasteiger partial charge in [0.1, 0.15) is 0 Å². The van der Waals surface area contributed by atoms with E-state index in [-0.39, 0.29) is 0 Å². The van der Waals surface area contributed by atoms with Gasteiger partial charge in [-0.25, -0.2) is 0 Å². The molecule has 1 aromatic rings. The van der Waals surface area contributed by atoms with E-state index in [0.29, 0.717) is 11.8 Å². The molecule has 2 N–H and O–H groups in total. The van der Waals surface area contributed by atoms with Gasteiger partial charge in [-0.15, -0.1) is 0 Å². The molecular formula is C7H12N2O. The summed E-state index contributed by atoms with van der Waals surface area (Å²) in [5.41, 5.74) is 6.29. The van der Waals surface area contributed by atoms with Crippen LogP contribution in [0.25, 0.3) is 0 Å². The van der Waals surface area contributed by atoms with Crippen molar-refractivity contribution in [1.29, 1.82) is 0 Å². The van der Waals surface area contributed by atoms with E-state index in [9.17, 15) is 0 Å². The lowest BCUT2D eigenvalue weighted by Crippen LogP contribution is -1.89. The summed E-state index contributed by atoms with van der Waals surface area (Å²) in [6, 6.07) is 1.77. The number of nitrogens with two attached hydrogens (primary N) is 1. The lowest BCUT2D eigenvalue weighted by atomic mass is 10.1. The Morgan fingerprint density at radius 2 is 2.50 bits per heavy atom. The van der Waals surface area contributed by atoms with Crippen LogP contribution in [-0.4, -0.2) is 5.16 Å². The zero-order valence-corrected chi connectivity index (χ0v) is 6.29. The van der Waals surface area contributed by atoms with Crippen LogP contribution in [0.5, 0.6) is 0 Å². The molecule has 10 heavy (non-hydrogen) atoms. The highest BCUT2D eigenvalue weighted by molar-refractivity contribution is 5.25. The molecule has 1 atom stereocenters. The number of hydrogen-bond donors (Lipinski definition) is 1. The summed E-state index contributed by atoms with van der Waals surface area (Å²) < 4.78 is 4.72. The Kier molecular flexibility index (Phi) is 1.94. The largest absolute Gasteiger partial charge is 0.368 e. The standard InChI is InChI=1S/C7H12N2O/c1-3-5(2)6-4-7(8)10-9-6/h4-5H,3,8H2,1-2H3/t5-/m0/s1. The number of aromatic nitrogens is 1. The smallest absolute Gasteiger partial charge is 0.222 e. The van der Waals surface area contributed by atoms with Crippen LogP contribution in [-0.2, 0) is 0 Å². The highest BCUT2D eigenvalue weighted by atomic mass is 16.5. The van der Waals surface area contributed by atoms with Crippen LogP contribution in [0.3, 0.4) is 0 Å². The Bertz CT molecular complexity index is 207. The topological polar surface area (TPSA) is 52.0 Å². The quantitative estimate of drug-likeness (QED) is 0.681. The monoisotopic (exact) mass is 140 g/mol. The second-order valence-electron chi connectivity index (χ2n) is 2.46. The van der Waals surface area contributed by atoms with Gasteiger partial charge in [0, 0.05) is 12.0 Å². The first-order valence-electron chi connectivity index (χ1n) is 3.46. The summed E-state index contributed by atoms with van der Waals surface area (Å²) >= 11 is 0. The first-order chi connectivity index (χ1) is 4.74. The van der Waals surface area contributed by atoms with E-state index in [0.717, 1.165) is 12.1 Å². The molecule has 0 unspecified atom stereocenters. The molecule has 0 aliphatic heterocycles. The summed E-state index contributed by atoms with van der Waals surface area (Å²) in [6.07, 6.45) is 1.06. The van der Waals surface area contributed by atoms with Crippen LogP contribution < -0.4 is 5.73 Å². The van der Waals surface area contributed by atoms with Gasteiger partial charge >= 0.3 is 0 Å². The Hall–Kier alpha value is -0.990. The Balaban J connectivity index is 2.74. The molecule has 0 saturated heterocycles. The Labute approximate surface area is 60.2 Å². The van der Waals surface area contributed by atoms with Crippen LogP contribution in [0.15, 0.2) is 10.6 Å². The Morgan fingerprint density at radius 3 is 2.90 bits per heavy atom. The molecule has 1 heterocycles. The summed E-state index contributed by atoms with van der Waals surface area (Å²) in [6.45, 7) is 4.20. The number of nitrogens with zero attached hydrogens (tertiary/aromatic N) is 1. The van der Waals surface area contributed by atoms with Gasteiger partial charge in [-0.2, -0.15) is 0 Å². The lowest BCUT2D eigenvalue weighted by Gasteiger charge is -1.99. The van der Waals surface area contributed by atoms with Gasteiger partial charge in [0.25, 0.3) is 0 Å². The molecule has 0 fully saturated rings. The predicted octanol–water partition coefficient (Wildman–Crippen LogP) is 1.77. The van der Waals surface area contributed by atoms with Crippen LogP contribution in [0.4, 0.5) is 5.88 Å². The molecule has 0 saturated carbocycles. The zero-order chi connectivity index (χ0) is 7.56. The molecule has 0 aliphatic carbocycles. The van der Waals surface area contributed by atoms with Crippen molar-refractivity contribution in [2.75, 3.05) is 5.73 Å². The van der Waals surface area contributed by atoms with Crippen molar-refractivity contribution in [2.24, 2.45) is 0 Å². The van der Waals surface area contributed by atoms with Gasteiger partial charge in [0.05, 0.1) is 5.69 Å². The van der Waals surface area contributed by atoms with Gasteiger partial charge in [-0.3, -0.25) is 0 Å². The van der Waals surface area contributed by atoms with Gasteiger partial charge in [0.15, 0.2) is 0 Å². The third-order valence-electron chi connectivity index (χ3n) is 1.66. The number of anilines is 1. The van der Waals surface area contributed by atoms with Crippen LogP contribution in [0.2, 0.25) is 0 Å². The van der Waals surface area contributed by atoms with E-state index in [4.69, 9.17) is 10.3 Å². The minimum absolute atomic E-state index is 0.398. The van der Waals surface area contributed by atoms with E-state index < -0.39 is 0 Å². The average molecular weight is 140 g/mol. The molecule has 0 aromatic carbocycles. The molecule has 3 nitrogen and oxygen atoms in total. The van der Waals surface area contributed by atoms with Crippen molar-refractivity contribution in [3.63, 3.8) is 0 Å². The van der Waals surface area contributed by atoms with Gasteiger partial charge in [-0.05, 0) is 6.42 Å². The average Bonchev–Trinajstić information content (AvgIpc) is 2.34. The number of hydrogen-bond acceptors (Lipinski definition) is 3. The van der Waals surface area contributed by atoms with Crippen molar-refractivity contribution in [2.45, 2.75) is 26.2 Å². The van der Waals surface area contributed by atoms with Gasteiger partial charge in [-0.1, -0.05) is 19.0 Å². The van der Waals surface area contributed by atoms with E-state index in [2.05, 4.69) is 19.0 Å². The second kappa shape index (κ2) is 2.73. The molecule has 1 aromatic heterocycles. The maximum absolute atomic E-state index is 5.34. The van der Waals surface area contributed by atoms with E-state index in [1.54, 1.807) is 6.07 Å². The molecule has 0 bridgehead atoms. The first kappa shape index (κ1) is 7.12. The minimum atomic E-state index is 0.398. The fourth-order valence-electron chi connectivity index (χ4n) is 0.745. The van der Waals surface area contributed by atoms with Gasteiger partial charge in [0.2, 0.25) is 5.88 Å². The van der Waals surface area contributed by atoms with Crippen LogP contribution in [0.1, 0.15) is 31.9 Å². The van der Waals surface area contributed by atoms with E-state index in [1.807, 2.05) is 0 Å². The van der Waals surface area contributed by atoms with Crippen molar-refractivity contribution in [3.8, 4) is 0 Å². The fraction of sp³-hybridized carbons (Fsp3) is 0.571. The number of rotatable bonds is 2. The highest BCUT2D eigenvalue weighted by Crippen LogP contribution is 2.18. The molecule has 0 aliphatic rings. The zero-order valence-electron chi connectivity index (χ0n) is 6.29. The number of nitrogen functional groups attached to an aromatic ring is 1. The maximum atomic E-state index is 5.34. The third kappa shape index (κ3) is 1.29. The summed E-state index contributed by atoms with van der Waals surface area (Å²) in [7, 11) is 0. The van der Waals surface area contributed by atoms with Gasteiger partial charge < -0.3 is 10.3 Å². The van der Waals surface area contributed by atoms with Crippen molar-refractivity contribution >= 4 is 5.88 Å². The molecule has 0 spiro atoms. The summed E-state index contributed by atoms with van der Waals surface area (Å²) in [4.78, 5) is 0. The first-order valence-corrected chi connectivity index (χ1v) is 3.46. The molecular weight excluding hydrogens is 128 g/mol. The van der Waals surface area contributed by atoms with Crippen LogP contribution in [0, 0.1) is 0 Å². The molecule has 3 heteroatoms. The predicted molar refractivity (Wildman–Crippen MR) is 39.6 cm³/mol. The van der Waals surface area contributed by atoms with Crippen molar-refractivity contribution in [1.82, 2.24) is 5.16 Å². The molecule has 1 rings (SSSR count).